The van der Waals surface area contributed by atoms with Gasteiger partial charge in [-0.15, -0.1) is 0 Å². The molecule has 0 aliphatic carbocycles. The Balaban J connectivity index is 0.000000301. The van der Waals surface area contributed by atoms with E-state index in [-0.39, 0.29) is 11.6 Å². The Labute approximate surface area is 207 Å². The Kier molecular flexibility index (Phi) is 9.56. The fraction of sp³-hybridized carbons (Fsp3) is 0.136. The van der Waals surface area contributed by atoms with Gasteiger partial charge in [-0.1, -0.05) is 53.7 Å². The fourth-order valence-corrected chi connectivity index (χ4v) is 2.53. The molecule has 202 valence electrons. The Morgan fingerprint density at radius 2 is 1.39 bits per heavy atom. The van der Waals surface area contributed by atoms with E-state index >= 15 is 0 Å². The van der Waals surface area contributed by atoms with Crippen LogP contribution in [0, 0.1) is 0 Å². The van der Waals surface area contributed by atoms with Gasteiger partial charge in [0.15, 0.2) is 11.5 Å². The number of halogens is 6. The van der Waals surface area contributed by atoms with Crippen molar-refractivity contribution in [3.05, 3.63) is 72.1 Å². The number of benzene rings is 2. The van der Waals surface area contributed by atoms with Gasteiger partial charge < -0.3 is 20.1 Å². The number of nitrogens with zero attached hydrogens (tertiary/aromatic N) is 2. The zero-order chi connectivity index (χ0) is 28.5. The number of aromatic amines is 1. The lowest BCUT2D eigenvalue weighted by molar-refractivity contribution is -0.193. The van der Waals surface area contributed by atoms with E-state index in [1.807, 2.05) is 54.6 Å². The van der Waals surface area contributed by atoms with Crippen LogP contribution in [-0.2, 0) is 16.1 Å². The van der Waals surface area contributed by atoms with Gasteiger partial charge in [0.05, 0.1) is 17.8 Å². The number of amides is 1. The molecule has 2 aromatic heterocycles. The Hall–Kier alpha value is -4.89. The highest BCUT2D eigenvalue weighted by molar-refractivity contribution is 5.93. The lowest BCUT2D eigenvalue weighted by atomic mass is 10.1. The minimum absolute atomic E-state index is 0.248. The standard InChI is InChI=1S/C18H14N4O2.2C2HF3O2/c23-18(15-10-17(24-22-15)12-6-2-1-3-7-12)19-11-16-13-8-4-5-9-14(13)20-21-16;2*3-2(4,5)1(6)7/h1-10H,11H2,(H,19,23)(H,20,21);2*(H,6,7). The number of fused-ring (bicyclic) bond motifs is 1. The minimum atomic E-state index is -5.08. The number of rotatable bonds is 4. The van der Waals surface area contributed by atoms with Crippen LogP contribution in [0.4, 0.5) is 26.3 Å². The molecule has 10 nitrogen and oxygen atoms in total. The van der Waals surface area contributed by atoms with Crippen molar-refractivity contribution in [1.82, 2.24) is 20.7 Å². The highest BCUT2D eigenvalue weighted by Gasteiger charge is 2.38. The summed E-state index contributed by atoms with van der Waals surface area (Å²) in [5.74, 6) is -5.24. The van der Waals surface area contributed by atoms with Crippen molar-refractivity contribution in [2.75, 3.05) is 0 Å². The molecule has 38 heavy (non-hydrogen) atoms. The van der Waals surface area contributed by atoms with E-state index in [9.17, 15) is 31.1 Å². The summed E-state index contributed by atoms with van der Waals surface area (Å²) in [6.45, 7) is 0.340. The minimum Gasteiger partial charge on any atom is -0.475 e. The van der Waals surface area contributed by atoms with Crippen molar-refractivity contribution < 1.29 is 55.5 Å². The van der Waals surface area contributed by atoms with Crippen LogP contribution in [0.1, 0.15) is 16.2 Å². The SMILES string of the molecule is O=C(NCc1[nH]nc2ccccc12)c1cc(-c2ccccc2)on1.O=C(O)C(F)(F)F.O=C(O)C(F)(F)F. The number of carbonyl (C=O) groups excluding carboxylic acids is 1. The van der Waals surface area contributed by atoms with Gasteiger partial charge >= 0.3 is 24.3 Å². The molecular weight excluding hydrogens is 530 g/mol. The van der Waals surface area contributed by atoms with Crippen molar-refractivity contribution >= 4 is 28.7 Å². The fourth-order valence-electron chi connectivity index (χ4n) is 2.53. The summed E-state index contributed by atoms with van der Waals surface area (Å²) in [5, 5.41) is 29.1. The molecule has 1 amide bonds. The summed E-state index contributed by atoms with van der Waals surface area (Å²) in [6.07, 6.45) is -10.2. The summed E-state index contributed by atoms with van der Waals surface area (Å²) in [7, 11) is 0. The molecule has 0 saturated carbocycles. The van der Waals surface area contributed by atoms with E-state index in [1.165, 1.54) is 0 Å². The van der Waals surface area contributed by atoms with E-state index in [2.05, 4.69) is 20.7 Å². The zero-order valence-corrected chi connectivity index (χ0v) is 18.7. The molecule has 4 N–H and O–H groups in total. The van der Waals surface area contributed by atoms with Crippen LogP contribution >= 0.6 is 0 Å². The van der Waals surface area contributed by atoms with Crippen molar-refractivity contribution in [1.29, 1.82) is 0 Å². The number of nitrogens with one attached hydrogen (secondary N) is 2. The molecule has 0 aliphatic rings. The molecule has 0 spiro atoms. The third-order valence-corrected chi connectivity index (χ3v) is 4.25. The quantitative estimate of drug-likeness (QED) is 0.274. The average Bonchev–Trinajstić information content (AvgIpc) is 3.51. The zero-order valence-electron chi connectivity index (χ0n) is 18.7. The highest BCUT2D eigenvalue weighted by atomic mass is 19.4. The predicted molar refractivity (Wildman–Crippen MR) is 117 cm³/mol. The summed E-state index contributed by atoms with van der Waals surface area (Å²) < 4.78 is 68.7. The first-order valence-corrected chi connectivity index (χ1v) is 10.0. The number of H-pyrrole nitrogens is 1. The van der Waals surface area contributed by atoms with Gasteiger partial charge in [0.2, 0.25) is 0 Å². The maximum absolute atomic E-state index is 12.3. The maximum Gasteiger partial charge on any atom is 0.490 e. The van der Waals surface area contributed by atoms with Gasteiger partial charge in [-0.05, 0) is 6.07 Å². The second-order valence-corrected chi connectivity index (χ2v) is 6.95. The van der Waals surface area contributed by atoms with Crippen LogP contribution in [0.25, 0.3) is 22.2 Å². The predicted octanol–water partition coefficient (Wildman–Crippen LogP) is 4.41. The number of para-hydroxylation sites is 1. The third kappa shape index (κ3) is 8.65. The normalized spacial score (nSPS) is 11.0. The van der Waals surface area contributed by atoms with Crippen molar-refractivity contribution in [3.63, 3.8) is 0 Å². The largest absolute Gasteiger partial charge is 0.490 e. The number of aromatic nitrogens is 3. The van der Waals surface area contributed by atoms with Gasteiger partial charge in [0.25, 0.3) is 5.91 Å². The summed E-state index contributed by atoms with van der Waals surface area (Å²) in [4.78, 5) is 30.0. The first-order valence-electron chi connectivity index (χ1n) is 10.0. The monoisotopic (exact) mass is 546 g/mol. The number of aliphatic carboxylic acids is 2. The Morgan fingerprint density at radius 3 is 1.95 bits per heavy atom. The number of hydrogen-bond donors (Lipinski definition) is 4. The maximum atomic E-state index is 12.3. The van der Waals surface area contributed by atoms with E-state index < -0.39 is 24.3 Å². The van der Waals surface area contributed by atoms with Crippen LogP contribution in [0.2, 0.25) is 0 Å². The van der Waals surface area contributed by atoms with Crippen molar-refractivity contribution in [3.8, 4) is 11.3 Å². The van der Waals surface area contributed by atoms with Gasteiger partial charge in [-0.2, -0.15) is 31.4 Å². The van der Waals surface area contributed by atoms with Crippen LogP contribution in [-0.4, -0.2) is 55.8 Å². The molecule has 2 heterocycles. The first kappa shape index (κ1) is 29.3. The summed E-state index contributed by atoms with van der Waals surface area (Å²) in [5.41, 5.74) is 2.85. The smallest absolute Gasteiger partial charge is 0.475 e. The molecule has 16 heteroatoms. The number of alkyl halides is 6. The molecule has 4 aromatic rings. The van der Waals surface area contributed by atoms with Gasteiger partial charge in [0, 0.05) is 17.0 Å². The third-order valence-electron chi connectivity index (χ3n) is 4.25. The Morgan fingerprint density at radius 1 is 0.868 bits per heavy atom. The van der Waals surface area contributed by atoms with E-state index in [1.54, 1.807) is 6.07 Å². The van der Waals surface area contributed by atoms with Crippen LogP contribution in [0.15, 0.2) is 65.2 Å². The van der Waals surface area contributed by atoms with Crippen molar-refractivity contribution in [2.45, 2.75) is 18.9 Å². The van der Waals surface area contributed by atoms with Crippen LogP contribution in [0.3, 0.4) is 0 Å². The summed E-state index contributed by atoms with van der Waals surface area (Å²) in [6, 6.07) is 18.9. The van der Waals surface area contributed by atoms with Crippen LogP contribution < -0.4 is 5.32 Å². The van der Waals surface area contributed by atoms with Gasteiger partial charge in [0.1, 0.15) is 0 Å². The van der Waals surface area contributed by atoms with Crippen molar-refractivity contribution in [2.24, 2.45) is 0 Å². The molecular formula is C22H16F6N4O6. The molecule has 0 atom stereocenters. The van der Waals surface area contributed by atoms with Crippen LogP contribution in [0.5, 0.6) is 0 Å². The molecule has 0 unspecified atom stereocenters. The molecule has 2 aromatic carbocycles. The highest BCUT2D eigenvalue weighted by Crippen LogP contribution is 2.20. The molecule has 0 radical (unpaired) electrons. The second kappa shape index (κ2) is 12.4. The summed E-state index contributed by atoms with van der Waals surface area (Å²) >= 11 is 0. The number of hydrogen-bond acceptors (Lipinski definition) is 6. The lowest BCUT2D eigenvalue weighted by Gasteiger charge is -2.00. The van der Waals surface area contributed by atoms with E-state index in [0.717, 1.165) is 22.2 Å². The molecule has 4 rings (SSSR count). The molecule has 0 saturated heterocycles. The second-order valence-electron chi connectivity index (χ2n) is 6.95. The number of carbonyl (C=O) groups is 3. The first-order chi connectivity index (χ1) is 17.7. The average molecular weight is 546 g/mol. The van der Waals surface area contributed by atoms with E-state index in [4.69, 9.17) is 24.3 Å². The van der Waals surface area contributed by atoms with E-state index in [0.29, 0.717) is 12.3 Å². The van der Waals surface area contributed by atoms with Gasteiger partial charge in [-0.25, -0.2) is 9.59 Å². The topological polar surface area (TPSA) is 158 Å². The lowest BCUT2D eigenvalue weighted by Crippen LogP contribution is -2.23. The molecule has 0 aliphatic heterocycles. The van der Waals surface area contributed by atoms with Gasteiger partial charge in [-0.3, -0.25) is 9.89 Å². The number of carboxylic acids is 2. The number of carboxylic acid groups (broad SMARTS) is 2. The Bertz CT molecular complexity index is 1360. The molecule has 0 bridgehead atoms. The molecule has 0 fully saturated rings.